The molecule has 0 amide bonds. The molecule has 1 fully saturated rings. The molecule has 1 aromatic carbocycles. The Bertz CT molecular complexity index is 409. The highest BCUT2D eigenvalue weighted by Crippen LogP contribution is 2.27. The van der Waals surface area contributed by atoms with E-state index in [1.165, 1.54) is 30.0 Å². The van der Waals surface area contributed by atoms with Crippen LogP contribution in [0.3, 0.4) is 0 Å². The van der Waals surface area contributed by atoms with Gasteiger partial charge in [0.2, 0.25) is 0 Å². The molecule has 21 heavy (non-hydrogen) atoms. The van der Waals surface area contributed by atoms with Gasteiger partial charge in [-0.05, 0) is 25.5 Å². The van der Waals surface area contributed by atoms with Crippen LogP contribution in [0.5, 0.6) is 0 Å². The molecule has 1 heterocycles. The smallest absolute Gasteiger partial charge is 0.0177 e. The number of thioether (sulfide) groups is 1. The van der Waals surface area contributed by atoms with Gasteiger partial charge in [-0.2, -0.15) is 11.8 Å². The molecular formula is C18H30N2S. The first-order chi connectivity index (χ1) is 10.2. The van der Waals surface area contributed by atoms with E-state index in [-0.39, 0.29) is 5.41 Å². The molecule has 1 aliphatic rings. The third kappa shape index (κ3) is 4.73. The summed E-state index contributed by atoms with van der Waals surface area (Å²) in [5.41, 5.74) is 1.64. The molecule has 2 unspecified atom stereocenters. The number of rotatable bonds is 7. The van der Waals surface area contributed by atoms with E-state index in [2.05, 4.69) is 73.1 Å². The van der Waals surface area contributed by atoms with Crippen LogP contribution >= 0.6 is 11.8 Å². The van der Waals surface area contributed by atoms with E-state index in [0.29, 0.717) is 6.04 Å². The molecule has 2 nitrogen and oxygen atoms in total. The minimum absolute atomic E-state index is 0.187. The Kier molecular flexibility index (Phi) is 6.59. The molecular weight excluding hydrogens is 276 g/mol. The molecule has 0 aliphatic carbocycles. The van der Waals surface area contributed by atoms with Gasteiger partial charge in [0, 0.05) is 42.6 Å². The lowest BCUT2D eigenvalue weighted by Crippen LogP contribution is -2.51. The van der Waals surface area contributed by atoms with Gasteiger partial charge in [-0.25, -0.2) is 0 Å². The molecule has 2 atom stereocenters. The lowest BCUT2D eigenvalue weighted by molar-refractivity contribution is 0.180. The molecule has 0 spiro atoms. The van der Waals surface area contributed by atoms with E-state index < -0.39 is 0 Å². The molecule has 118 valence electrons. The van der Waals surface area contributed by atoms with Gasteiger partial charge in [-0.1, -0.05) is 44.2 Å². The van der Waals surface area contributed by atoms with Crippen LogP contribution in [0.2, 0.25) is 0 Å². The first-order valence-corrected chi connectivity index (χ1v) is 9.39. The maximum atomic E-state index is 3.65. The molecule has 2 rings (SSSR count). The van der Waals surface area contributed by atoms with Gasteiger partial charge in [-0.15, -0.1) is 0 Å². The van der Waals surface area contributed by atoms with Crippen LogP contribution in [0, 0.1) is 0 Å². The highest BCUT2D eigenvalue weighted by molar-refractivity contribution is 7.99. The Morgan fingerprint density at radius 2 is 2.10 bits per heavy atom. The number of hydrogen-bond donors (Lipinski definition) is 1. The fourth-order valence-corrected chi connectivity index (χ4v) is 4.16. The minimum atomic E-state index is 0.187. The van der Waals surface area contributed by atoms with Gasteiger partial charge in [0.25, 0.3) is 0 Å². The fraction of sp³-hybridized carbons (Fsp3) is 0.667. The zero-order chi connectivity index (χ0) is 15.1. The lowest BCUT2D eigenvalue weighted by atomic mass is 9.81. The summed E-state index contributed by atoms with van der Waals surface area (Å²) in [6.07, 6.45) is 1.20. The van der Waals surface area contributed by atoms with Crippen LogP contribution < -0.4 is 5.32 Å². The number of hydrogen-bond acceptors (Lipinski definition) is 3. The van der Waals surface area contributed by atoms with E-state index in [9.17, 15) is 0 Å². The standard InChI is InChI=1S/C18H30N2S/c1-4-10-19-14-18(3,17-8-6-5-7-9-17)15-20-11-12-21-13-16(20)2/h5-9,16,19H,4,10-15H2,1-3H3. The van der Waals surface area contributed by atoms with E-state index in [4.69, 9.17) is 0 Å². The normalized spacial score (nSPS) is 22.9. The first-order valence-electron chi connectivity index (χ1n) is 8.24. The Morgan fingerprint density at radius 1 is 1.33 bits per heavy atom. The molecule has 3 heteroatoms. The van der Waals surface area contributed by atoms with Crippen LogP contribution in [0.4, 0.5) is 0 Å². The second-order valence-corrected chi connectivity index (χ2v) is 7.65. The average Bonchev–Trinajstić information content (AvgIpc) is 2.51. The zero-order valence-electron chi connectivity index (χ0n) is 13.8. The maximum Gasteiger partial charge on any atom is 0.0177 e. The number of benzene rings is 1. The highest BCUT2D eigenvalue weighted by atomic mass is 32.2. The molecule has 0 radical (unpaired) electrons. The summed E-state index contributed by atoms with van der Waals surface area (Å²) in [7, 11) is 0. The Balaban J connectivity index is 2.11. The van der Waals surface area contributed by atoms with Crippen molar-refractivity contribution in [2.45, 2.75) is 38.6 Å². The van der Waals surface area contributed by atoms with E-state index in [1.807, 2.05) is 0 Å². The second kappa shape index (κ2) is 8.21. The summed E-state index contributed by atoms with van der Waals surface area (Å²) >= 11 is 2.09. The summed E-state index contributed by atoms with van der Waals surface area (Å²) in [6, 6.07) is 11.7. The Hall–Kier alpha value is -0.510. The van der Waals surface area contributed by atoms with Gasteiger partial charge in [0.05, 0.1) is 0 Å². The lowest BCUT2D eigenvalue weighted by Gasteiger charge is -2.41. The van der Waals surface area contributed by atoms with Crippen LogP contribution in [-0.2, 0) is 5.41 Å². The van der Waals surface area contributed by atoms with Crippen molar-refractivity contribution in [2.24, 2.45) is 0 Å². The number of nitrogens with zero attached hydrogens (tertiary/aromatic N) is 1. The maximum absolute atomic E-state index is 3.65. The monoisotopic (exact) mass is 306 g/mol. The van der Waals surface area contributed by atoms with Crippen molar-refractivity contribution < 1.29 is 0 Å². The Labute approximate surface area is 134 Å². The van der Waals surface area contributed by atoms with Gasteiger partial charge in [0.15, 0.2) is 0 Å². The van der Waals surface area contributed by atoms with Gasteiger partial charge in [-0.3, -0.25) is 4.90 Å². The van der Waals surface area contributed by atoms with Crippen molar-refractivity contribution >= 4 is 11.8 Å². The van der Waals surface area contributed by atoms with Crippen molar-refractivity contribution in [2.75, 3.05) is 37.7 Å². The second-order valence-electron chi connectivity index (χ2n) is 6.50. The van der Waals surface area contributed by atoms with Gasteiger partial charge in [0.1, 0.15) is 0 Å². The molecule has 1 saturated heterocycles. The van der Waals surface area contributed by atoms with E-state index >= 15 is 0 Å². The van der Waals surface area contributed by atoms with Crippen molar-refractivity contribution in [3.63, 3.8) is 0 Å². The summed E-state index contributed by atoms with van der Waals surface area (Å²) < 4.78 is 0. The van der Waals surface area contributed by atoms with Crippen LogP contribution in [0.15, 0.2) is 30.3 Å². The van der Waals surface area contributed by atoms with Crippen LogP contribution in [-0.4, -0.2) is 48.6 Å². The van der Waals surface area contributed by atoms with Crippen LogP contribution in [0.1, 0.15) is 32.8 Å². The minimum Gasteiger partial charge on any atom is -0.316 e. The van der Waals surface area contributed by atoms with E-state index in [0.717, 1.165) is 19.6 Å². The predicted octanol–water partition coefficient (Wildman–Crippen LogP) is 3.38. The summed E-state index contributed by atoms with van der Waals surface area (Å²) in [4.78, 5) is 2.68. The van der Waals surface area contributed by atoms with Crippen LogP contribution in [0.25, 0.3) is 0 Å². The third-order valence-corrected chi connectivity index (χ3v) is 5.66. The van der Waals surface area contributed by atoms with Crippen molar-refractivity contribution in [1.82, 2.24) is 10.2 Å². The fourth-order valence-electron chi connectivity index (χ4n) is 3.08. The quantitative estimate of drug-likeness (QED) is 0.778. The third-order valence-electron chi connectivity index (χ3n) is 4.47. The molecule has 1 N–H and O–H groups in total. The molecule has 0 aromatic heterocycles. The topological polar surface area (TPSA) is 15.3 Å². The molecule has 0 bridgehead atoms. The summed E-state index contributed by atoms with van der Waals surface area (Å²) in [6.45, 7) is 11.6. The zero-order valence-corrected chi connectivity index (χ0v) is 14.6. The predicted molar refractivity (Wildman–Crippen MR) is 95.3 cm³/mol. The summed E-state index contributed by atoms with van der Waals surface area (Å²) in [5.74, 6) is 2.55. The van der Waals surface area contributed by atoms with Crippen molar-refractivity contribution in [3.05, 3.63) is 35.9 Å². The first kappa shape index (κ1) is 16.9. The average molecular weight is 307 g/mol. The molecule has 0 saturated carbocycles. The number of nitrogens with one attached hydrogen (secondary N) is 1. The SMILES string of the molecule is CCCNCC(C)(CN1CCSCC1C)c1ccccc1. The highest BCUT2D eigenvalue weighted by Gasteiger charge is 2.31. The van der Waals surface area contributed by atoms with Crippen molar-refractivity contribution in [3.8, 4) is 0 Å². The van der Waals surface area contributed by atoms with Gasteiger partial charge >= 0.3 is 0 Å². The molecule has 1 aromatic rings. The van der Waals surface area contributed by atoms with Gasteiger partial charge < -0.3 is 5.32 Å². The largest absolute Gasteiger partial charge is 0.316 e. The van der Waals surface area contributed by atoms with E-state index in [1.54, 1.807) is 0 Å². The Morgan fingerprint density at radius 3 is 2.76 bits per heavy atom. The molecule has 1 aliphatic heterocycles. The summed E-state index contributed by atoms with van der Waals surface area (Å²) in [5, 5.41) is 3.65. The van der Waals surface area contributed by atoms with Crippen molar-refractivity contribution in [1.29, 1.82) is 0 Å².